The maximum atomic E-state index is 11.6. The Hall–Kier alpha value is -2.11. The Kier molecular flexibility index (Phi) is 3.67. The van der Waals surface area contributed by atoms with Crippen LogP contribution in [-0.2, 0) is 16.0 Å². The van der Waals surface area contributed by atoms with Crippen molar-refractivity contribution in [1.29, 1.82) is 0 Å². The van der Waals surface area contributed by atoms with Gasteiger partial charge in [-0.15, -0.1) is 0 Å². The molecule has 0 saturated heterocycles. The molecule has 1 heterocycles. The lowest BCUT2D eigenvalue weighted by molar-refractivity contribution is -0.130. The van der Waals surface area contributed by atoms with Crippen molar-refractivity contribution in [2.75, 3.05) is 5.73 Å². The molecule has 17 heavy (non-hydrogen) atoms. The Morgan fingerprint density at radius 2 is 2.06 bits per heavy atom. The summed E-state index contributed by atoms with van der Waals surface area (Å²) in [5.74, 6) is -0.901. The number of nitrogens with one attached hydrogen (secondary N) is 1. The molecule has 0 radical (unpaired) electrons. The summed E-state index contributed by atoms with van der Waals surface area (Å²) < 4.78 is 0. The number of nitrogen functional groups attached to an aromatic ring is 1. The van der Waals surface area contributed by atoms with Crippen LogP contribution in [-0.4, -0.2) is 22.3 Å². The van der Waals surface area contributed by atoms with Gasteiger partial charge in [0.25, 0.3) is 0 Å². The van der Waals surface area contributed by atoms with E-state index in [9.17, 15) is 9.59 Å². The van der Waals surface area contributed by atoms with Crippen molar-refractivity contribution < 1.29 is 9.59 Å². The zero-order valence-electron chi connectivity index (χ0n) is 9.86. The molecule has 92 valence electrons. The van der Waals surface area contributed by atoms with E-state index in [0.717, 1.165) is 0 Å². The first-order chi connectivity index (χ1) is 7.81. The predicted molar refractivity (Wildman–Crippen MR) is 63.8 cm³/mol. The van der Waals surface area contributed by atoms with Gasteiger partial charge >= 0.3 is 0 Å². The molecule has 0 saturated carbocycles. The highest BCUT2D eigenvalue weighted by molar-refractivity contribution is 5.90. The van der Waals surface area contributed by atoms with E-state index in [2.05, 4.69) is 10.3 Å². The first-order valence-corrected chi connectivity index (χ1v) is 5.12. The summed E-state index contributed by atoms with van der Waals surface area (Å²) in [6.07, 6.45) is 1.55. The Morgan fingerprint density at radius 1 is 1.41 bits per heavy atom. The number of nitrogens with zero attached hydrogens (tertiary/aromatic N) is 1. The van der Waals surface area contributed by atoms with Crippen molar-refractivity contribution in [2.45, 2.75) is 25.8 Å². The average Bonchev–Trinajstić information content (AvgIpc) is 2.20. The molecule has 0 bridgehead atoms. The molecule has 0 spiro atoms. The molecule has 0 aromatic carbocycles. The molecule has 6 heteroatoms. The summed E-state index contributed by atoms with van der Waals surface area (Å²) in [4.78, 5) is 26.6. The number of carbonyl (C=O) groups is 2. The van der Waals surface area contributed by atoms with Gasteiger partial charge in [-0.2, -0.15) is 0 Å². The van der Waals surface area contributed by atoms with Gasteiger partial charge in [-0.1, -0.05) is 0 Å². The average molecular weight is 236 g/mol. The second-order valence-corrected chi connectivity index (χ2v) is 4.30. The molecule has 0 aliphatic rings. The van der Waals surface area contributed by atoms with E-state index in [1.807, 2.05) is 0 Å². The van der Waals surface area contributed by atoms with Crippen LogP contribution in [0.15, 0.2) is 18.3 Å². The zero-order valence-corrected chi connectivity index (χ0v) is 9.86. The van der Waals surface area contributed by atoms with Crippen LogP contribution in [0, 0.1) is 0 Å². The van der Waals surface area contributed by atoms with Crippen LogP contribution < -0.4 is 16.8 Å². The van der Waals surface area contributed by atoms with Gasteiger partial charge in [0.1, 0.15) is 5.54 Å². The molecular weight excluding hydrogens is 220 g/mol. The fourth-order valence-electron chi connectivity index (χ4n) is 1.16. The summed E-state index contributed by atoms with van der Waals surface area (Å²) in [6.45, 7) is 3.09. The monoisotopic (exact) mass is 236 g/mol. The molecular formula is C11H16N4O2. The number of hydrogen-bond donors (Lipinski definition) is 3. The quantitative estimate of drug-likeness (QED) is 0.659. The summed E-state index contributed by atoms with van der Waals surface area (Å²) in [7, 11) is 0. The van der Waals surface area contributed by atoms with Gasteiger partial charge in [0.15, 0.2) is 0 Å². The van der Waals surface area contributed by atoms with Gasteiger partial charge in [0.2, 0.25) is 11.8 Å². The predicted octanol–water partition coefficient (Wildman–Crippen LogP) is -0.414. The van der Waals surface area contributed by atoms with Crippen LogP contribution >= 0.6 is 0 Å². The van der Waals surface area contributed by atoms with E-state index in [4.69, 9.17) is 11.5 Å². The molecule has 0 aliphatic heterocycles. The molecule has 0 unspecified atom stereocenters. The SMILES string of the molecule is CC(C)(NC(=O)Cc1ccc(N)cn1)C(N)=O. The molecule has 1 rings (SSSR count). The number of aromatic nitrogens is 1. The fourth-order valence-corrected chi connectivity index (χ4v) is 1.16. The van der Waals surface area contributed by atoms with E-state index in [0.29, 0.717) is 11.4 Å². The van der Waals surface area contributed by atoms with Crippen molar-refractivity contribution in [2.24, 2.45) is 5.73 Å². The van der Waals surface area contributed by atoms with E-state index < -0.39 is 11.4 Å². The summed E-state index contributed by atoms with van der Waals surface area (Å²) in [6, 6.07) is 3.32. The number of amides is 2. The number of hydrogen-bond acceptors (Lipinski definition) is 4. The largest absolute Gasteiger partial charge is 0.397 e. The Labute approximate surface area is 99.4 Å². The summed E-state index contributed by atoms with van der Waals surface area (Å²) in [5, 5.41) is 2.53. The van der Waals surface area contributed by atoms with Crippen molar-refractivity contribution in [3.05, 3.63) is 24.0 Å². The first-order valence-electron chi connectivity index (χ1n) is 5.12. The van der Waals surface area contributed by atoms with Gasteiger partial charge in [0, 0.05) is 5.69 Å². The highest BCUT2D eigenvalue weighted by Crippen LogP contribution is 2.04. The second kappa shape index (κ2) is 4.82. The second-order valence-electron chi connectivity index (χ2n) is 4.30. The number of carbonyl (C=O) groups excluding carboxylic acids is 2. The molecule has 2 amide bonds. The molecule has 1 aromatic rings. The molecule has 1 aromatic heterocycles. The lowest BCUT2D eigenvalue weighted by Crippen LogP contribution is -2.53. The smallest absolute Gasteiger partial charge is 0.242 e. The number of primary amides is 1. The summed E-state index contributed by atoms with van der Waals surface area (Å²) in [5.41, 5.74) is 10.7. The fraction of sp³-hybridized carbons (Fsp3) is 0.364. The van der Waals surface area contributed by atoms with Crippen LogP contribution in [0.5, 0.6) is 0 Å². The first kappa shape index (κ1) is 13.0. The van der Waals surface area contributed by atoms with Crippen LogP contribution in [0.3, 0.4) is 0 Å². The minimum atomic E-state index is -1.06. The normalized spacial score (nSPS) is 10.9. The molecule has 5 N–H and O–H groups in total. The van der Waals surface area contributed by atoms with Gasteiger partial charge in [0.05, 0.1) is 18.3 Å². The maximum absolute atomic E-state index is 11.6. The van der Waals surface area contributed by atoms with Gasteiger partial charge in [-0.25, -0.2) is 0 Å². The Bertz CT molecular complexity index is 426. The van der Waals surface area contributed by atoms with Crippen molar-refractivity contribution in [1.82, 2.24) is 10.3 Å². The number of nitrogens with two attached hydrogens (primary N) is 2. The minimum Gasteiger partial charge on any atom is -0.397 e. The Balaban J connectivity index is 2.62. The number of pyridine rings is 1. The van der Waals surface area contributed by atoms with E-state index in [-0.39, 0.29) is 12.3 Å². The molecule has 6 nitrogen and oxygen atoms in total. The van der Waals surface area contributed by atoms with Crippen LogP contribution in [0.4, 0.5) is 5.69 Å². The number of anilines is 1. The van der Waals surface area contributed by atoms with Crippen LogP contribution in [0.25, 0.3) is 0 Å². The van der Waals surface area contributed by atoms with Crippen molar-refractivity contribution in [3.63, 3.8) is 0 Å². The lowest BCUT2D eigenvalue weighted by atomic mass is 10.0. The van der Waals surface area contributed by atoms with Gasteiger partial charge in [-0.05, 0) is 26.0 Å². The third kappa shape index (κ3) is 3.75. The van der Waals surface area contributed by atoms with Gasteiger partial charge in [-0.3, -0.25) is 14.6 Å². The minimum absolute atomic E-state index is 0.0803. The third-order valence-electron chi connectivity index (χ3n) is 2.26. The van der Waals surface area contributed by atoms with E-state index >= 15 is 0 Å². The summed E-state index contributed by atoms with van der Waals surface area (Å²) >= 11 is 0. The lowest BCUT2D eigenvalue weighted by Gasteiger charge is -2.22. The van der Waals surface area contributed by atoms with Gasteiger partial charge < -0.3 is 16.8 Å². The van der Waals surface area contributed by atoms with Crippen molar-refractivity contribution in [3.8, 4) is 0 Å². The van der Waals surface area contributed by atoms with Crippen molar-refractivity contribution >= 4 is 17.5 Å². The molecule has 0 fully saturated rings. The van der Waals surface area contributed by atoms with Crippen LogP contribution in [0.1, 0.15) is 19.5 Å². The topological polar surface area (TPSA) is 111 Å². The van der Waals surface area contributed by atoms with Crippen LogP contribution in [0.2, 0.25) is 0 Å². The highest BCUT2D eigenvalue weighted by Gasteiger charge is 2.26. The Morgan fingerprint density at radius 3 is 2.53 bits per heavy atom. The zero-order chi connectivity index (χ0) is 13.1. The standard InChI is InChI=1S/C11H16N4O2/c1-11(2,10(13)17)15-9(16)5-8-4-3-7(12)6-14-8/h3-4,6H,5,12H2,1-2H3,(H2,13,17)(H,15,16). The molecule has 0 atom stereocenters. The molecule has 0 aliphatic carbocycles. The van der Waals surface area contributed by atoms with E-state index in [1.165, 1.54) is 6.20 Å². The highest BCUT2D eigenvalue weighted by atomic mass is 16.2. The number of rotatable bonds is 4. The maximum Gasteiger partial charge on any atom is 0.242 e. The third-order valence-corrected chi connectivity index (χ3v) is 2.26. The van der Waals surface area contributed by atoms with E-state index in [1.54, 1.807) is 26.0 Å².